The molecule has 0 fully saturated rings. The van der Waals surface area contributed by atoms with Gasteiger partial charge >= 0.3 is 6.09 Å². The Bertz CT molecular complexity index is 572. The maximum absolute atomic E-state index is 11.9. The number of ether oxygens (including phenoxy) is 1. The number of carbonyl (C=O) groups excluding carboxylic acids is 2. The van der Waals surface area contributed by atoms with Crippen LogP contribution in [0.4, 0.5) is 16.2 Å². The monoisotopic (exact) mass is 354 g/mol. The van der Waals surface area contributed by atoms with Gasteiger partial charge in [0, 0.05) is 17.9 Å². The Kier molecular flexibility index (Phi) is 4.88. The first kappa shape index (κ1) is 15.8. The van der Waals surface area contributed by atoms with E-state index in [4.69, 9.17) is 4.74 Å². The van der Waals surface area contributed by atoms with Crippen LogP contribution in [0.25, 0.3) is 0 Å². The Balaban J connectivity index is 2.23. The lowest BCUT2D eigenvalue weighted by molar-refractivity contribution is -0.116. The van der Waals surface area contributed by atoms with Crippen molar-refractivity contribution < 1.29 is 14.3 Å². The summed E-state index contributed by atoms with van der Waals surface area (Å²) >= 11 is 3.43. The second kappa shape index (κ2) is 6.47. The second-order valence-electron chi connectivity index (χ2n) is 5.50. The van der Waals surface area contributed by atoms with E-state index in [9.17, 15) is 9.59 Å². The zero-order chi connectivity index (χ0) is 15.6. The normalized spacial score (nSPS) is 13.3. The van der Waals surface area contributed by atoms with E-state index in [-0.39, 0.29) is 11.8 Å². The first-order chi connectivity index (χ1) is 9.88. The maximum atomic E-state index is 11.9. The van der Waals surface area contributed by atoms with Crippen molar-refractivity contribution in [3.8, 4) is 0 Å². The average molecular weight is 355 g/mol. The van der Waals surface area contributed by atoms with E-state index >= 15 is 0 Å². The molecule has 1 heterocycles. The molecule has 0 radical (unpaired) electrons. The maximum Gasteiger partial charge on any atom is 0.411 e. The number of rotatable bonds is 3. The molecule has 5 nitrogen and oxygen atoms in total. The summed E-state index contributed by atoms with van der Waals surface area (Å²) in [7, 11) is 0. The van der Waals surface area contributed by atoms with Crippen LogP contribution < -0.4 is 10.2 Å². The molecule has 2 rings (SSSR count). The number of halogens is 1. The average Bonchev–Trinajstić information content (AvgIpc) is 2.80. The van der Waals surface area contributed by atoms with Crippen LogP contribution in [-0.4, -0.2) is 25.2 Å². The summed E-state index contributed by atoms with van der Waals surface area (Å²) in [4.78, 5) is 25.2. The fraction of sp³-hybridized carbons (Fsp3) is 0.467. The van der Waals surface area contributed by atoms with E-state index in [0.29, 0.717) is 18.8 Å². The van der Waals surface area contributed by atoms with Gasteiger partial charge in [-0.15, -0.1) is 0 Å². The number of amides is 2. The van der Waals surface area contributed by atoms with E-state index in [1.165, 1.54) is 6.92 Å². The third kappa shape index (κ3) is 3.75. The van der Waals surface area contributed by atoms with Crippen molar-refractivity contribution in [1.82, 2.24) is 0 Å². The predicted octanol–water partition coefficient (Wildman–Crippen LogP) is 3.56. The first-order valence-electron chi connectivity index (χ1n) is 6.92. The molecule has 1 aliphatic rings. The van der Waals surface area contributed by atoms with Gasteiger partial charge in [0.1, 0.15) is 0 Å². The first-order valence-corrected chi connectivity index (χ1v) is 7.72. The van der Waals surface area contributed by atoms with Gasteiger partial charge in [-0.2, -0.15) is 0 Å². The smallest absolute Gasteiger partial charge is 0.411 e. The van der Waals surface area contributed by atoms with Crippen molar-refractivity contribution in [2.24, 2.45) is 5.92 Å². The number of hydrogen-bond acceptors (Lipinski definition) is 3. The van der Waals surface area contributed by atoms with E-state index in [2.05, 4.69) is 21.2 Å². The summed E-state index contributed by atoms with van der Waals surface area (Å²) in [6.07, 6.45) is 0.281. The second-order valence-corrected chi connectivity index (χ2v) is 6.41. The highest BCUT2D eigenvalue weighted by atomic mass is 79.9. The number of nitrogens with zero attached hydrogens (tertiary/aromatic N) is 1. The largest absolute Gasteiger partial charge is 0.449 e. The molecule has 2 amide bonds. The summed E-state index contributed by atoms with van der Waals surface area (Å²) in [5.41, 5.74) is 2.41. The minimum absolute atomic E-state index is 0.0327. The summed E-state index contributed by atoms with van der Waals surface area (Å²) in [5.74, 6) is 0.243. The van der Waals surface area contributed by atoms with Crippen molar-refractivity contribution >= 4 is 39.3 Å². The van der Waals surface area contributed by atoms with Gasteiger partial charge in [-0.3, -0.25) is 10.1 Å². The zero-order valence-corrected chi connectivity index (χ0v) is 14.0. The predicted molar refractivity (Wildman–Crippen MR) is 85.7 cm³/mol. The van der Waals surface area contributed by atoms with Crippen LogP contribution in [0, 0.1) is 5.92 Å². The quantitative estimate of drug-likeness (QED) is 0.902. The molecule has 21 heavy (non-hydrogen) atoms. The van der Waals surface area contributed by atoms with Gasteiger partial charge in [-0.1, -0.05) is 29.8 Å². The van der Waals surface area contributed by atoms with Crippen molar-refractivity contribution in [1.29, 1.82) is 0 Å². The molecule has 0 aliphatic carbocycles. The molecule has 0 saturated heterocycles. The van der Waals surface area contributed by atoms with E-state index in [1.54, 1.807) is 11.0 Å². The molecule has 114 valence electrons. The van der Waals surface area contributed by atoms with Crippen LogP contribution in [0.3, 0.4) is 0 Å². The standard InChI is InChI=1S/C15H19BrN2O3/c1-9(2)8-21-15(20)17-13-7-12(16)6-11-4-5-18(10(3)19)14(11)13/h6-7,9H,4-5,8H2,1-3H3,(H,17,20). The summed E-state index contributed by atoms with van der Waals surface area (Å²) < 4.78 is 6.00. The number of hydrogen-bond donors (Lipinski definition) is 1. The van der Waals surface area contributed by atoms with Crippen LogP contribution in [0.5, 0.6) is 0 Å². The highest BCUT2D eigenvalue weighted by Gasteiger charge is 2.26. The molecule has 0 atom stereocenters. The van der Waals surface area contributed by atoms with Crippen LogP contribution in [-0.2, 0) is 16.0 Å². The number of fused-ring (bicyclic) bond motifs is 1. The van der Waals surface area contributed by atoms with Crippen molar-refractivity contribution in [3.63, 3.8) is 0 Å². The summed E-state index contributed by atoms with van der Waals surface area (Å²) in [5, 5.41) is 2.74. The lowest BCUT2D eigenvalue weighted by Crippen LogP contribution is -2.27. The van der Waals surface area contributed by atoms with Gasteiger partial charge < -0.3 is 9.64 Å². The van der Waals surface area contributed by atoms with Crippen LogP contribution in [0.15, 0.2) is 16.6 Å². The molecule has 0 saturated carbocycles. The Hall–Kier alpha value is -1.56. The third-order valence-corrected chi connectivity index (χ3v) is 3.65. The number of nitrogens with one attached hydrogen (secondary N) is 1. The van der Waals surface area contributed by atoms with Gasteiger partial charge in [0.05, 0.1) is 18.0 Å². The van der Waals surface area contributed by atoms with E-state index < -0.39 is 6.09 Å². The van der Waals surface area contributed by atoms with Crippen LogP contribution in [0.1, 0.15) is 26.3 Å². The fourth-order valence-corrected chi connectivity index (χ4v) is 2.81. The van der Waals surface area contributed by atoms with Gasteiger partial charge in [0.2, 0.25) is 5.91 Å². The lowest BCUT2D eigenvalue weighted by Gasteiger charge is -2.19. The van der Waals surface area contributed by atoms with Crippen LogP contribution in [0.2, 0.25) is 0 Å². The molecule has 6 heteroatoms. The minimum atomic E-state index is -0.501. The zero-order valence-electron chi connectivity index (χ0n) is 12.4. The number of benzene rings is 1. The van der Waals surface area contributed by atoms with Crippen molar-refractivity contribution in [2.75, 3.05) is 23.4 Å². The van der Waals surface area contributed by atoms with Crippen LogP contribution >= 0.6 is 15.9 Å². The van der Waals surface area contributed by atoms with Gasteiger partial charge in [0.25, 0.3) is 0 Å². The van der Waals surface area contributed by atoms with Gasteiger partial charge in [-0.25, -0.2) is 4.79 Å². The number of carbonyl (C=O) groups is 2. The molecule has 1 N–H and O–H groups in total. The SMILES string of the molecule is CC(=O)N1CCc2cc(Br)cc(NC(=O)OCC(C)C)c21. The molecular formula is C15H19BrN2O3. The Labute approximate surface area is 132 Å². The topological polar surface area (TPSA) is 58.6 Å². The molecule has 0 spiro atoms. The molecule has 0 bridgehead atoms. The van der Waals surface area contributed by atoms with Gasteiger partial charge in [0.15, 0.2) is 0 Å². The fourth-order valence-electron chi connectivity index (χ4n) is 2.31. The molecule has 0 unspecified atom stereocenters. The molecule has 1 aliphatic heterocycles. The third-order valence-electron chi connectivity index (χ3n) is 3.19. The highest BCUT2D eigenvalue weighted by Crippen LogP contribution is 2.38. The van der Waals surface area contributed by atoms with E-state index in [1.807, 2.05) is 19.9 Å². The summed E-state index contributed by atoms with van der Waals surface area (Å²) in [6, 6.07) is 3.76. The lowest BCUT2D eigenvalue weighted by atomic mass is 10.1. The highest BCUT2D eigenvalue weighted by molar-refractivity contribution is 9.10. The van der Waals surface area contributed by atoms with Crippen molar-refractivity contribution in [2.45, 2.75) is 27.2 Å². The number of anilines is 2. The summed E-state index contributed by atoms with van der Waals surface area (Å²) in [6.45, 7) is 6.47. The van der Waals surface area contributed by atoms with Crippen molar-refractivity contribution in [3.05, 3.63) is 22.2 Å². The molecule has 1 aromatic carbocycles. The minimum Gasteiger partial charge on any atom is -0.449 e. The Morgan fingerprint density at radius 2 is 2.14 bits per heavy atom. The molecule has 0 aromatic heterocycles. The Morgan fingerprint density at radius 3 is 2.76 bits per heavy atom. The van der Waals surface area contributed by atoms with E-state index in [0.717, 1.165) is 22.1 Å². The Morgan fingerprint density at radius 1 is 1.43 bits per heavy atom. The molecule has 1 aromatic rings. The van der Waals surface area contributed by atoms with Gasteiger partial charge in [-0.05, 0) is 30.0 Å². The molecular weight excluding hydrogens is 336 g/mol.